The van der Waals surface area contributed by atoms with Gasteiger partial charge >= 0.3 is 5.97 Å². The third kappa shape index (κ3) is 3.18. The van der Waals surface area contributed by atoms with Gasteiger partial charge in [-0.05, 0) is 32.6 Å². The zero-order valence-electron chi connectivity index (χ0n) is 16.2. The van der Waals surface area contributed by atoms with Crippen LogP contribution in [0.3, 0.4) is 0 Å². The number of ether oxygens (including phenoxy) is 3. The highest BCUT2D eigenvalue weighted by molar-refractivity contribution is 5.95. The van der Waals surface area contributed by atoms with Gasteiger partial charge in [-0.25, -0.2) is 4.99 Å². The minimum Gasteiger partial charge on any atom is -0.493 e. The Hall–Kier alpha value is -1.82. The number of carbonyl (C=O) groups is 1. The Morgan fingerprint density at radius 1 is 1.44 bits per heavy atom. The van der Waals surface area contributed by atoms with Crippen LogP contribution in [0, 0.1) is 5.41 Å². The summed E-state index contributed by atoms with van der Waals surface area (Å²) in [6.07, 6.45) is 8.32. The van der Waals surface area contributed by atoms with Gasteiger partial charge in [0.15, 0.2) is 0 Å². The van der Waals surface area contributed by atoms with Crippen LogP contribution >= 0.6 is 0 Å². The summed E-state index contributed by atoms with van der Waals surface area (Å²) in [5.74, 6) is 1.32. The number of aliphatic hydroxyl groups is 1. The van der Waals surface area contributed by atoms with E-state index in [1.165, 1.54) is 5.57 Å². The molecule has 4 aliphatic rings. The van der Waals surface area contributed by atoms with Crippen molar-refractivity contribution in [2.45, 2.75) is 76.5 Å². The number of hydrogen-bond acceptors (Lipinski definition) is 6. The number of hydrogen-bond donors (Lipinski definition) is 1. The quantitative estimate of drug-likeness (QED) is 0.764. The van der Waals surface area contributed by atoms with Crippen LogP contribution in [0.2, 0.25) is 0 Å². The smallest absolute Gasteiger partial charge is 0.306 e. The van der Waals surface area contributed by atoms with E-state index in [9.17, 15) is 9.90 Å². The van der Waals surface area contributed by atoms with E-state index < -0.39 is 6.10 Å². The molecule has 4 rings (SSSR count). The molecule has 2 aliphatic heterocycles. The third-order valence-electron chi connectivity index (χ3n) is 6.29. The standard InChI is InChI=1S/C21H29NO5/c1-3-26-18(24)8-7-13-12-21-9-5-4-6-17(21)27-16-11-14(23)10-15(19(16)21)22-20(13)25-2/h12,14-15,17,23H,3-11H2,1-2H3/t14-,15?,17?,21?/m1/s1. The van der Waals surface area contributed by atoms with Gasteiger partial charge in [-0.3, -0.25) is 4.79 Å². The summed E-state index contributed by atoms with van der Waals surface area (Å²) in [6, 6.07) is -0.113. The second kappa shape index (κ2) is 7.30. The molecule has 3 unspecified atom stereocenters. The lowest BCUT2D eigenvalue weighted by atomic mass is 9.64. The molecule has 1 N–H and O–H groups in total. The SMILES string of the molecule is CCOC(=O)CCC1=CC23CCCCC2OC2=C3C(C[C@@H](O)C2)N=C1OC. The molecule has 1 saturated carbocycles. The van der Waals surface area contributed by atoms with E-state index in [0.717, 1.165) is 37.0 Å². The van der Waals surface area contributed by atoms with Gasteiger partial charge in [-0.2, -0.15) is 0 Å². The van der Waals surface area contributed by atoms with Crippen molar-refractivity contribution in [2.24, 2.45) is 10.4 Å². The van der Waals surface area contributed by atoms with E-state index >= 15 is 0 Å². The molecule has 6 heteroatoms. The van der Waals surface area contributed by atoms with Crippen molar-refractivity contribution in [2.75, 3.05) is 13.7 Å². The topological polar surface area (TPSA) is 77.4 Å². The molecule has 1 spiro atoms. The molecule has 2 aliphatic carbocycles. The first kappa shape index (κ1) is 18.5. The van der Waals surface area contributed by atoms with Crippen LogP contribution in [-0.4, -0.2) is 48.9 Å². The molecule has 4 atom stereocenters. The van der Waals surface area contributed by atoms with Crippen LogP contribution in [0.25, 0.3) is 0 Å². The molecular formula is C21H29NO5. The van der Waals surface area contributed by atoms with E-state index in [-0.39, 0.29) is 23.5 Å². The molecule has 27 heavy (non-hydrogen) atoms. The van der Waals surface area contributed by atoms with Gasteiger partial charge in [0.2, 0.25) is 5.90 Å². The largest absolute Gasteiger partial charge is 0.493 e. The van der Waals surface area contributed by atoms with Crippen LogP contribution in [-0.2, 0) is 19.0 Å². The number of aliphatic hydroxyl groups excluding tert-OH is 1. The molecule has 1 fully saturated rings. The minimum absolute atomic E-state index is 0.105. The predicted molar refractivity (Wildman–Crippen MR) is 100 cm³/mol. The Balaban J connectivity index is 1.74. The fourth-order valence-electron chi connectivity index (χ4n) is 5.25. The minimum atomic E-state index is -0.436. The maximum Gasteiger partial charge on any atom is 0.306 e. The molecule has 2 heterocycles. The predicted octanol–water partition coefficient (Wildman–Crippen LogP) is 3.05. The lowest BCUT2D eigenvalue weighted by molar-refractivity contribution is -0.143. The van der Waals surface area contributed by atoms with Crippen LogP contribution in [0.1, 0.15) is 58.3 Å². The molecule has 0 aromatic carbocycles. The van der Waals surface area contributed by atoms with Crippen LogP contribution < -0.4 is 0 Å². The van der Waals surface area contributed by atoms with Gasteiger partial charge < -0.3 is 19.3 Å². The molecule has 6 nitrogen and oxygen atoms in total. The van der Waals surface area contributed by atoms with Crippen molar-refractivity contribution < 1.29 is 24.1 Å². The Bertz CT molecular complexity index is 709. The molecule has 148 valence electrons. The average molecular weight is 375 g/mol. The zero-order chi connectivity index (χ0) is 19.0. The Labute approximate surface area is 160 Å². The first-order chi connectivity index (χ1) is 13.1. The molecule has 0 aromatic heterocycles. The summed E-state index contributed by atoms with van der Waals surface area (Å²) in [5.41, 5.74) is 2.03. The zero-order valence-corrected chi connectivity index (χ0v) is 16.2. The van der Waals surface area contributed by atoms with Crippen molar-refractivity contribution in [3.8, 4) is 0 Å². The number of aliphatic imine (C=N–C) groups is 1. The van der Waals surface area contributed by atoms with E-state index in [1.54, 1.807) is 7.11 Å². The summed E-state index contributed by atoms with van der Waals surface area (Å²) >= 11 is 0. The Kier molecular flexibility index (Phi) is 5.01. The van der Waals surface area contributed by atoms with Crippen molar-refractivity contribution in [3.05, 3.63) is 23.0 Å². The fourth-order valence-corrected chi connectivity index (χ4v) is 5.25. The molecular weight excluding hydrogens is 346 g/mol. The third-order valence-corrected chi connectivity index (χ3v) is 6.29. The molecule has 0 aromatic rings. The molecule has 0 saturated heterocycles. The van der Waals surface area contributed by atoms with Crippen molar-refractivity contribution in [1.29, 1.82) is 0 Å². The summed E-state index contributed by atoms with van der Waals surface area (Å²) in [5, 5.41) is 10.3. The van der Waals surface area contributed by atoms with E-state index in [2.05, 4.69) is 6.08 Å². The Morgan fingerprint density at radius 2 is 2.30 bits per heavy atom. The maximum absolute atomic E-state index is 11.9. The highest BCUT2D eigenvalue weighted by Gasteiger charge is 2.55. The van der Waals surface area contributed by atoms with E-state index in [4.69, 9.17) is 19.2 Å². The fraction of sp³-hybridized carbons (Fsp3) is 0.714. The molecule has 0 amide bonds. The van der Waals surface area contributed by atoms with Gasteiger partial charge in [0.25, 0.3) is 0 Å². The summed E-state index contributed by atoms with van der Waals surface area (Å²) in [7, 11) is 1.62. The first-order valence-electron chi connectivity index (χ1n) is 10.1. The monoisotopic (exact) mass is 375 g/mol. The van der Waals surface area contributed by atoms with Crippen molar-refractivity contribution in [1.82, 2.24) is 0 Å². The molecule has 0 bridgehead atoms. The van der Waals surface area contributed by atoms with Crippen molar-refractivity contribution in [3.63, 3.8) is 0 Å². The number of carbonyl (C=O) groups excluding carboxylic acids is 1. The van der Waals surface area contributed by atoms with Crippen LogP contribution in [0.4, 0.5) is 0 Å². The summed E-state index contributed by atoms with van der Waals surface area (Å²) < 4.78 is 17.1. The maximum atomic E-state index is 11.9. The number of nitrogens with zero attached hydrogens (tertiary/aromatic N) is 1. The van der Waals surface area contributed by atoms with E-state index in [0.29, 0.717) is 38.2 Å². The van der Waals surface area contributed by atoms with Gasteiger partial charge in [-0.15, -0.1) is 0 Å². The van der Waals surface area contributed by atoms with Crippen molar-refractivity contribution >= 4 is 11.9 Å². The number of esters is 1. The van der Waals surface area contributed by atoms with Crippen LogP contribution in [0.15, 0.2) is 28.0 Å². The van der Waals surface area contributed by atoms with Gasteiger partial charge in [-0.1, -0.05) is 12.5 Å². The van der Waals surface area contributed by atoms with E-state index in [1.807, 2.05) is 6.92 Å². The Morgan fingerprint density at radius 3 is 3.07 bits per heavy atom. The number of rotatable bonds is 4. The van der Waals surface area contributed by atoms with Gasteiger partial charge in [0.05, 0.1) is 31.3 Å². The normalized spacial score (nSPS) is 34.6. The van der Waals surface area contributed by atoms with Gasteiger partial charge in [0, 0.05) is 30.4 Å². The lowest BCUT2D eigenvalue weighted by Crippen LogP contribution is -2.38. The number of methoxy groups -OCH3 is 1. The lowest BCUT2D eigenvalue weighted by Gasteiger charge is -2.39. The molecule has 0 radical (unpaired) electrons. The van der Waals surface area contributed by atoms with Gasteiger partial charge in [0.1, 0.15) is 11.9 Å². The van der Waals surface area contributed by atoms with Crippen LogP contribution in [0.5, 0.6) is 0 Å². The average Bonchev–Trinajstić information content (AvgIpc) is 2.89. The second-order valence-corrected chi connectivity index (χ2v) is 7.95. The summed E-state index contributed by atoms with van der Waals surface area (Å²) in [4.78, 5) is 16.8. The highest BCUT2D eigenvalue weighted by Crippen LogP contribution is 2.57. The first-order valence-corrected chi connectivity index (χ1v) is 10.1. The highest BCUT2D eigenvalue weighted by atomic mass is 16.5. The summed E-state index contributed by atoms with van der Waals surface area (Å²) in [6.45, 7) is 2.20. The second-order valence-electron chi connectivity index (χ2n) is 7.95.